The number of H-pyrrole nitrogens is 1. The van der Waals surface area contributed by atoms with E-state index in [0.29, 0.717) is 33.8 Å². The average molecular weight is 497 g/mol. The molecule has 0 fully saturated rings. The van der Waals surface area contributed by atoms with Gasteiger partial charge in [0.25, 0.3) is 10.0 Å². The van der Waals surface area contributed by atoms with E-state index in [4.69, 9.17) is 27.9 Å². The molecule has 0 bridgehead atoms. The van der Waals surface area contributed by atoms with Gasteiger partial charge in [0.05, 0.1) is 34.2 Å². The molecule has 0 saturated heterocycles. The van der Waals surface area contributed by atoms with Gasteiger partial charge in [-0.25, -0.2) is 17.8 Å². The van der Waals surface area contributed by atoms with E-state index in [9.17, 15) is 8.42 Å². The minimum atomic E-state index is -4.26. The Labute approximate surface area is 194 Å². The van der Waals surface area contributed by atoms with E-state index in [1.807, 2.05) is 11.6 Å². The van der Waals surface area contributed by atoms with E-state index in [1.54, 1.807) is 12.5 Å². The molecule has 11 heteroatoms. The Morgan fingerprint density at radius 1 is 1.22 bits per heavy atom. The van der Waals surface area contributed by atoms with Crippen LogP contribution in [0.5, 0.6) is 5.75 Å². The lowest BCUT2D eigenvalue weighted by atomic mass is 10.2. The van der Waals surface area contributed by atoms with Crippen molar-refractivity contribution < 1.29 is 17.5 Å². The molecule has 0 unspecified atom stereocenters. The highest BCUT2D eigenvalue weighted by Gasteiger charge is 2.24. The number of aromatic amines is 1. The smallest absolute Gasteiger partial charge is 0.265 e. The number of imidazole rings is 1. The summed E-state index contributed by atoms with van der Waals surface area (Å²) >= 11 is 12.3. The Kier molecular flexibility index (Phi) is 6.32. The van der Waals surface area contributed by atoms with Gasteiger partial charge in [-0.15, -0.1) is 0 Å². The van der Waals surface area contributed by atoms with Crippen molar-refractivity contribution >= 4 is 49.8 Å². The lowest BCUT2D eigenvalue weighted by molar-refractivity contribution is 0.292. The van der Waals surface area contributed by atoms with E-state index >= 15 is 4.39 Å². The second-order valence-electron chi connectivity index (χ2n) is 7.10. The number of hydrogen-bond donors (Lipinski definition) is 2. The van der Waals surface area contributed by atoms with E-state index in [-0.39, 0.29) is 18.0 Å². The normalized spacial score (nSPS) is 11.8. The molecule has 0 amide bonds. The minimum absolute atomic E-state index is 0.137. The fraction of sp³-hybridized carbons (Fsp3) is 0.190. The van der Waals surface area contributed by atoms with Crippen molar-refractivity contribution in [3.05, 3.63) is 70.6 Å². The fourth-order valence-corrected chi connectivity index (χ4v) is 5.05. The third kappa shape index (κ3) is 4.41. The number of aromatic nitrogens is 3. The molecule has 168 valence electrons. The molecule has 0 aliphatic carbocycles. The zero-order chi connectivity index (χ0) is 22.9. The summed E-state index contributed by atoms with van der Waals surface area (Å²) in [4.78, 5) is 6.40. The molecule has 0 saturated carbocycles. The molecule has 2 aromatic carbocycles. The summed E-state index contributed by atoms with van der Waals surface area (Å²) in [5.41, 5.74) is 1.61. The van der Waals surface area contributed by atoms with E-state index in [2.05, 4.69) is 14.7 Å². The third-order valence-corrected chi connectivity index (χ3v) is 6.95. The maximum atomic E-state index is 15.0. The van der Waals surface area contributed by atoms with Crippen LogP contribution >= 0.6 is 23.2 Å². The number of anilines is 1. The molecule has 0 aliphatic rings. The largest absolute Gasteiger partial charge is 0.490 e. The molecule has 2 aromatic heterocycles. The number of sulfonamides is 1. The molecule has 4 aromatic rings. The van der Waals surface area contributed by atoms with Gasteiger partial charge in [-0.05, 0) is 37.1 Å². The van der Waals surface area contributed by atoms with Crippen molar-refractivity contribution in [3.63, 3.8) is 0 Å². The summed E-state index contributed by atoms with van der Waals surface area (Å²) in [6.07, 6.45) is 6.27. The first kappa shape index (κ1) is 22.4. The van der Waals surface area contributed by atoms with Crippen molar-refractivity contribution in [3.8, 4) is 5.75 Å². The van der Waals surface area contributed by atoms with Crippen LogP contribution in [-0.4, -0.2) is 29.6 Å². The van der Waals surface area contributed by atoms with Gasteiger partial charge < -0.3 is 14.3 Å². The van der Waals surface area contributed by atoms with Gasteiger partial charge in [-0.2, -0.15) is 0 Å². The van der Waals surface area contributed by atoms with Crippen molar-refractivity contribution in [2.75, 3.05) is 11.3 Å². The Morgan fingerprint density at radius 2 is 2.03 bits per heavy atom. The van der Waals surface area contributed by atoms with Gasteiger partial charge in [0.15, 0.2) is 11.6 Å². The van der Waals surface area contributed by atoms with Gasteiger partial charge >= 0.3 is 0 Å². The van der Waals surface area contributed by atoms with Crippen LogP contribution in [0.1, 0.15) is 12.1 Å². The number of nitrogens with zero attached hydrogens (tertiary/aromatic N) is 2. The van der Waals surface area contributed by atoms with Crippen LogP contribution in [0.2, 0.25) is 10.0 Å². The summed E-state index contributed by atoms with van der Waals surface area (Å²) < 4.78 is 50.7. The standard InChI is InChI=1S/C21H19Cl2FN4O3S/c1-28-12-25-10-13(28)4-3-9-31-17-5-2-6-18(20(17)24)32(29,30)27-16-8-7-14(22)19-15(23)11-26-21(16)19/h2,5-8,10-12,26-27H,3-4,9H2,1H3. The Balaban J connectivity index is 1.52. The zero-order valence-corrected chi connectivity index (χ0v) is 19.2. The summed E-state index contributed by atoms with van der Waals surface area (Å²) in [6, 6.07) is 6.99. The van der Waals surface area contributed by atoms with Crippen molar-refractivity contribution in [2.24, 2.45) is 7.05 Å². The molecule has 0 atom stereocenters. The summed E-state index contributed by atoms with van der Waals surface area (Å²) in [5.74, 6) is -1.10. The quantitative estimate of drug-likeness (QED) is 0.329. The molecular weight excluding hydrogens is 478 g/mol. The van der Waals surface area contributed by atoms with E-state index in [1.165, 1.54) is 36.5 Å². The lowest BCUT2D eigenvalue weighted by Gasteiger charge is -2.13. The van der Waals surface area contributed by atoms with E-state index < -0.39 is 20.7 Å². The average Bonchev–Trinajstić information content (AvgIpc) is 3.34. The predicted molar refractivity (Wildman–Crippen MR) is 123 cm³/mol. The molecule has 4 rings (SSSR count). The highest BCUT2D eigenvalue weighted by Crippen LogP contribution is 2.36. The van der Waals surface area contributed by atoms with Crippen LogP contribution < -0.4 is 9.46 Å². The van der Waals surface area contributed by atoms with E-state index in [0.717, 1.165) is 5.69 Å². The first-order valence-corrected chi connectivity index (χ1v) is 11.9. The van der Waals surface area contributed by atoms with Crippen molar-refractivity contribution in [1.82, 2.24) is 14.5 Å². The first-order chi connectivity index (χ1) is 15.3. The summed E-state index contributed by atoms with van der Waals surface area (Å²) in [7, 11) is -2.37. The number of rotatable bonds is 8. The maximum absolute atomic E-state index is 15.0. The summed E-state index contributed by atoms with van der Waals surface area (Å²) in [5, 5.41) is 1.18. The Hall–Kier alpha value is -2.75. The molecule has 2 N–H and O–H groups in total. The minimum Gasteiger partial charge on any atom is -0.490 e. The van der Waals surface area contributed by atoms with Crippen LogP contribution in [0.25, 0.3) is 10.9 Å². The number of fused-ring (bicyclic) bond motifs is 1. The molecule has 2 heterocycles. The summed E-state index contributed by atoms with van der Waals surface area (Å²) in [6.45, 7) is 0.220. The molecule has 32 heavy (non-hydrogen) atoms. The van der Waals surface area contributed by atoms with Gasteiger partial charge in [-0.3, -0.25) is 4.72 Å². The van der Waals surface area contributed by atoms with Crippen LogP contribution in [0.3, 0.4) is 0 Å². The first-order valence-electron chi connectivity index (χ1n) is 9.62. The SMILES string of the molecule is Cn1cncc1CCCOc1cccc(S(=O)(=O)Nc2ccc(Cl)c3c(Cl)c[nH]c23)c1F. The van der Waals surface area contributed by atoms with Gasteiger partial charge in [0, 0.05) is 30.5 Å². The van der Waals surface area contributed by atoms with Gasteiger partial charge in [0.1, 0.15) is 4.90 Å². The monoisotopic (exact) mass is 496 g/mol. The highest BCUT2D eigenvalue weighted by molar-refractivity contribution is 7.92. The molecule has 0 spiro atoms. The topological polar surface area (TPSA) is 89.0 Å². The number of ether oxygens (including phenoxy) is 1. The van der Waals surface area contributed by atoms with Crippen molar-refractivity contribution in [2.45, 2.75) is 17.7 Å². The van der Waals surface area contributed by atoms with Gasteiger partial charge in [0.2, 0.25) is 0 Å². The van der Waals surface area contributed by atoms with Crippen LogP contribution in [0.15, 0.2) is 53.9 Å². The lowest BCUT2D eigenvalue weighted by Crippen LogP contribution is -2.15. The Bertz CT molecular complexity index is 1390. The van der Waals surface area contributed by atoms with Crippen molar-refractivity contribution in [1.29, 1.82) is 0 Å². The van der Waals surface area contributed by atoms with Gasteiger partial charge in [-0.1, -0.05) is 29.3 Å². The van der Waals surface area contributed by atoms with Crippen LogP contribution in [-0.2, 0) is 23.5 Å². The number of aryl methyl sites for hydroxylation is 2. The van der Waals surface area contributed by atoms with Crippen LogP contribution in [0.4, 0.5) is 10.1 Å². The second-order valence-corrected chi connectivity index (χ2v) is 9.57. The Morgan fingerprint density at radius 3 is 2.78 bits per heavy atom. The number of hydrogen-bond acceptors (Lipinski definition) is 4. The number of benzene rings is 2. The highest BCUT2D eigenvalue weighted by atomic mass is 35.5. The molecule has 0 radical (unpaired) electrons. The molecular formula is C21H19Cl2FN4O3S. The fourth-order valence-electron chi connectivity index (χ4n) is 3.32. The van der Waals surface area contributed by atoms with Crippen LogP contribution in [0, 0.1) is 5.82 Å². The second kappa shape index (κ2) is 9.01. The predicted octanol–water partition coefficient (Wildman–Crippen LogP) is 5.16. The number of halogens is 3. The number of nitrogens with one attached hydrogen (secondary N) is 2. The zero-order valence-electron chi connectivity index (χ0n) is 16.9. The maximum Gasteiger partial charge on any atom is 0.265 e. The molecule has 7 nitrogen and oxygen atoms in total. The third-order valence-electron chi connectivity index (χ3n) is 4.95. The molecule has 0 aliphatic heterocycles.